The fourth-order valence-corrected chi connectivity index (χ4v) is 2.48. The number of aromatic nitrogens is 1. The number of aryl methyl sites for hydroxylation is 2. The number of anilines is 1. The van der Waals surface area contributed by atoms with Crippen LogP contribution in [0.4, 0.5) is 5.82 Å². The molecule has 17 heavy (non-hydrogen) atoms. The Hall–Kier alpha value is -1.09. The van der Waals surface area contributed by atoms with E-state index in [2.05, 4.69) is 53.3 Å². The van der Waals surface area contributed by atoms with Gasteiger partial charge in [0.2, 0.25) is 0 Å². The highest BCUT2D eigenvalue weighted by molar-refractivity contribution is 9.10. The molecule has 1 aromatic heterocycles. The van der Waals surface area contributed by atoms with Gasteiger partial charge in [0.1, 0.15) is 5.82 Å². The zero-order chi connectivity index (χ0) is 12.4. The van der Waals surface area contributed by atoms with Gasteiger partial charge < -0.3 is 5.32 Å². The average Bonchev–Trinajstić information content (AvgIpc) is 2.34. The molecule has 2 rings (SSSR count). The highest BCUT2D eigenvalue weighted by atomic mass is 79.9. The molecule has 0 unspecified atom stereocenters. The lowest BCUT2D eigenvalue weighted by molar-refractivity contribution is 0.918. The largest absolute Gasteiger partial charge is 0.373 e. The number of nitrogens with one attached hydrogen (secondary N) is 1. The fraction of sp³-hybridized carbons (Fsp3) is 0.357. The van der Waals surface area contributed by atoms with Gasteiger partial charge in [-0.2, -0.15) is 0 Å². The molecule has 2 nitrogen and oxygen atoms in total. The summed E-state index contributed by atoms with van der Waals surface area (Å²) in [6, 6.07) is 6.51. The summed E-state index contributed by atoms with van der Waals surface area (Å²) in [6.07, 6.45) is 2.19. The van der Waals surface area contributed by atoms with Crippen LogP contribution in [0.15, 0.2) is 22.7 Å². The second-order valence-electron chi connectivity index (χ2n) is 4.26. The number of nitrogens with zero attached hydrogens (tertiary/aromatic N) is 1. The lowest BCUT2D eigenvalue weighted by Gasteiger charge is -2.11. The molecule has 0 aliphatic heterocycles. The molecular weight excluding hydrogens is 276 g/mol. The monoisotopic (exact) mass is 292 g/mol. The van der Waals surface area contributed by atoms with Crippen LogP contribution in [-0.2, 0) is 6.42 Å². The number of halogens is 1. The maximum absolute atomic E-state index is 4.71. The van der Waals surface area contributed by atoms with E-state index in [1.165, 1.54) is 16.5 Å². The third kappa shape index (κ3) is 2.29. The van der Waals surface area contributed by atoms with Crippen LogP contribution in [-0.4, -0.2) is 12.0 Å². The van der Waals surface area contributed by atoms with Crippen LogP contribution in [0.5, 0.6) is 0 Å². The summed E-state index contributed by atoms with van der Waals surface area (Å²) in [5, 5.41) is 4.39. The Morgan fingerprint density at radius 1 is 1.35 bits per heavy atom. The number of fused-ring (bicyclic) bond motifs is 1. The van der Waals surface area contributed by atoms with Gasteiger partial charge in [-0.25, -0.2) is 4.98 Å². The third-order valence-corrected chi connectivity index (χ3v) is 3.96. The van der Waals surface area contributed by atoms with Crippen LogP contribution in [0.2, 0.25) is 0 Å². The Balaban J connectivity index is 2.69. The summed E-state index contributed by atoms with van der Waals surface area (Å²) in [6.45, 7) is 4.28. The highest BCUT2D eigenvalue weighted by Gasteiger charge is 2.08. The minimum absolute atomic E-state index is 0.991. The summed E-state index contributed by atoms with van der Waals surface area (Å²) in [7, 11) is 1.93. The Morgan fingerprint density at radius 3 is 2.76 bits per heavy atom. The second-order valence-corrected chi connectivity index (χ2v) is 5.06. The fourth-order valence-electron chi connectivity index (χ4n) is 2.03. The molecule has 3 heteroatoms. The molecule has 0 bridgehead atoms. The maximum Gasteiger partial charge on any atom is 0.129 e. The van der Waals surface area contributed by atoms with Crippen LogP contribution >= 0.6 is 15.9 Å². The molecule has 0 aliphatic carbocycles. The lowest BCUT2D eigenvalue weighted by Crippen LogP contribution is -2.00. The van der Waals surface area contributed by atoms with Crippen LogP contribution in [0.25, 0.3) is 10.9 Å². The van der Waals surface area contributed by atoms with E-state index < -0.39 is 0 Å². The van der Waals surface area contributed by atoms with Gasteiger partial charge in [0, 0.05) is 16.9 Å². The summed E-state index contributed by atoms with van der Waals surface area (Å²) in [5.41, 5.74) is 3.54. The van der Waals surface area contributed by atoms with Crippen molar-refractivity contribution in [3.05, 3.63) is 33.8 Å². The van der Waals surface area contributed by atoms with Crippen molar-refractivity contribution in [2.75, 3.05) is 12.4 Å². The highest BCUT2D eigenvalue weighted by Crippen LogP contribution is 2.29. The lowest BCUT2D eigenvalue weighted by atomic mass is 10.1. The molecule has 1 N–H and O–H groups in total. The molecule has 0 fully saturated rings. The smallest absolute Gasteiger partial charge is 0.129 e. The van der Waals surface area contributed by atoms with Gasteiger partial charge >= 0.3 is 0 Å². The molecule has 0 saturated carbocycles. The first-order valence-electron chi connectivity index (χ1n) is 5.93. The van der Waals surface area contributed by atoms with E-state index in [9.17, 15) is 0 Å². The molecule has 2 aromatic rings. The van der Waals surface area contributed by atoms with E-state index in [-0.39, 0.29) is 0 Å². The summed E-state index contributed by atoms with van der Waals surface area (Å²) < 4.78 is 1.09. The van der Waals surface area contributed by atoms with Gasteiger partial charge in [0.15, 0.2) is 0 Å². The topological polar surface area (TPSA) is 24.9 Å². The average molecular weight is 293 g/mol. The van der Waals surface area contributed by atoms with Crippen molar-refractivity contribution in [1.82, 2.24) is 4.98 Å². The van der Waals surface area contributed by atoms with Crippen molar-refractivity contribution in [2.45, 2.75) is 26.7 Å². The summed E-state index contributed by atoms with van der Waals surface area (Å²) in [4.78, 5) is 4.71. The third-order valence-electron chi connectivity index (χ3n) is 2.95. The minimum Gasteiger partial charge on any atom is -0.373 e. The molecule has 0 spiro atoms. The standard InChI is InChI=1S/C14H17BrN2/c1-4-5-11-8-10-7-6-9(2)12(15)13(10)17-14(11)16-3/h6-8H,4-5H2,1-3H3,(H,16,17). The van der Waals surface area contributed by atoms with Crippen molar-refractivity contribution in [3.63, 3.8) is 0 Å². The number of benzene rings is 1. The number of hydrogen-bond donors (Lipinski definition) is 1. The van der Waals surface area contributed by atoms with E-state index in [0.717, 1.165) is 28.6 Å². The first-order chi connectivity index (χ1) is 8.17. The van der Waals surface area contributed by atoms with Crippen LogP contribution in [0, 0.1) is 6.92 Å². The number of rotatable bonds is 3. The molecule has 1 heterocycles. The normalized spacial score (nSPS) is 10.8. The van der Waals surface area contributed by atoms with Crippen LogP contribution in [0.3, 0.4) is 0 Å². The van der Waals surface area contributed by atoms with Crippen molar-refractivity contribution in [1.29, 1.82) is 0 Å². The van der Waals surface area contributed by atoms with E-state index in [0.29, 0.717) is 0 Å². The van der Waals surface area contributed by atoms with Crippen molar-refractivity contribution < 1.29 is 0 Å². The van der Waals surface area contributed by atoms with Crippen molar-refractivity contribution in [3.8, 4) is 0 Å². The first-order valence-corrected chi connectivity index (χ1v) is 6.73. The molecule has 0 saturated heterocycles. The summed E-state index contributed by atoms with van der Waals surface area (Å²) in [5.74, 6) is 0.991. The van der Waals surface area contributed by atoms with Gasteiger partial charge in [-0.15, -0.1) is 0 Å². The van der Waals surface area contributed by atoms with Gasteiger partial charge in [-0.3, -0.25) is 0 Å². The maximum atomic E-state index is 4.71. The van der Waals surface area contributed by atoms with Gasteiger partial charge in [-0.1, -0.05) is 25.5 Å². The molecule has 0 aliphatic rings. The van der Waals surface area contributed by atoms with Gasteiger partial charge in [0.25, 0.3) is 0 Å². The predicted molar refractivity (Wildman–Crippen MR) is 77.7 cm³/mol. The molecule has 1 aromatic carbocycles. The van der Waals surface area contributed by atoms with E-state index in [1.807, 2.05) is 7.05 Å². The second kappa shape index (κ2) is 5.05. The minimum atomic E-state index is 0.991. The molecule has 90 valence electrons. The van der Waals surface area contributed by atoms with E-state index in [1.54, 1.807) is 0 Å². The Kier molecular flexibility index (Phi) is 3.67. The predicted octanol–water partition coefficient (Wildman–Crippen LogP) is 4.30. The van der Waals surface area contributed by atoms with E-state index >= 15 is 0 Å². The van der Waals surface area contributed by atoms with Crippen LogP contribution in [0.1, 0.15) is 24.5 Å². The zero-order valence-corrected chi connectivity index (χ0v) is 12.1. The van der Waals surface area contributed by atoms with Gasteiger partial charge in [-0.05, 0) is 46.5 Å². The zero-order valence-electron chi connectivity index (χ0n) is 10.5. The molecule has 0 atom stereocenters. The molecular formula is C14H17BrN2. The molecule has 0 amide bonds. The van der Waals surface area contributed by atoms with E-state index in [4.69, 9.17) is 4.98 Å². The number of hydrogen-bond acceptors (Lipinski definition) is 2. The Morgan fingerprint density at radius 2 is 2.12 bits per heavy atom. The first kappa shape index (κ1) is 12.4. The quantitative estimate of drug-likeness (QED) is 0.912. The van der Waals surface area contributed by atoms with Crippen molar-refractivity contribution in [2.24, 2.45) is 0 Å². The van der Waals surface area contributed by atoms with Gasteiger partial charge in [0.05, 0.1) is 5.52 Å². The SMILES string of the molecule is CCCc1cc2ccc(C)c(Br)c2nc1NC. The van der Waals surface area contributed by atoms with Crippen LogP contribution < -0.4 is 5.32 Å². The van der Waals surface area contributed by atoms with Crippen molar-refractivity contribution >= 4 is 32.7 Å². The Labute approximate surface area is 111 Å². The molecule has 0 radical (unpaired) electrons. The Bertz CT molecular complexity index is 549. The summed E-state index contributed by atoms with van der Waals surface area (Å²) >= 11 is 3.62. The number of pyridine rings is 1.